The maximum absolute atomic E-state index is 12.2. The maximum Gasteiger partial charge on any atom is 0.354 e. The number of aromatic carboxylic acids is 1. The molecule has 1 heterocycles. The molecule has 0 spiro atoms. The van der Waals surface area contributed by atoms with Gasteiger partial charge in [0.2, 0.25) is 0 Å². The van der Waals surface area contributed by atoms with Gasteiger partial charge < -0.3 is 5.11 Å². The van der Waals surface area contributed by atoms with Crippen molar-refractivity contribution in [3.05, 3.63) is 53.9 Å². The van der Waals surface area contributed by atoms with Gasteiger partial charge in [0.15, 0.2) is 15.5 Å². The van der Waals surface area contributed by atoms with Crippen LogP contribution >= 0.6 is 0 Å². The minimum absolute atomic E-state index is 0.0433. The van der Waals surface area contributed by atoms with E-state index in [0.717, 1.165) is 17.0 Å². The Balaban J connectivity index is 2.43. The van der Waals surface area contributed by atoms with E-state index < -0.39 is 15.8 Å². The maximum atomic E-state index is 12.2. The van der Waals surface area contributed by atoms with Gasteiger partial charge in [0.05, 0.1) is 16.3 Å². The minimum atomic E-state index is -3.56. The number of aryl methyl sites for hydroxylation is 1. The Morgan fingerprint density at radius 2 is 1.74 bits per heavy atom. The van der Waals surface area contributed by atoms with Gasteiger partial charge in [0, 0.05) is 6.26 Å². The Hall–Kier alpha value is -2.67. The number of sulfone groups is 1. The molecule has 3 rings (SSSR count). The Bertz CT molecular complexity index is 1040. The van der Waals surface area contributed by atoms with Crippen molar-refractivity contribution in [3.63, 3.8) is 0 Å². The first-order valence-electron chi connectivity index (χ1n) is 6.80. The number of rotatable bonds is 3. The zero-order valence-corrected chi connectivity index (χ0v) is 13.3. The van der Waals surface area contributed by atoms with E-state index in [9.17, 15) is 18.3 Å². The molecule has 0 aliphatic rings. The molecule has 0 saturated carbocycles. The Morgan fingerprint density at radius 3 is 2.30 bits per heavy atom. The van der Waals surface area contributed by atoms with Gasteiger partial charge in [-0.15, -0.1) is 0 Å². The summed E-state index contributed by atoms with van der Waals surface area (Å²) in [5.74, 6) is -1.17. The SMILES string of the molecule is Cc1cc(C(=O)O)n(-c2cc3ccccc3cc2S(C)(=O)=O)n1. The molecule has 23 heavy (non-hydrogen) atoms. The molecule has 118 valence electrons. The van der Waals surface area contributed by atoms with Gasteiger partial charge in [-0.25, -0.2) is 17.9 Å². The Morgan fingerprint density at radius 1 is 1.13 bits per heavy atom. The van der Waals surface area contributed by atoms with Crippen LogP contribution in [0.2, 0.25) is 0 Å². The minimum Gasteiger partial charge on any atom is -0.477 e. The third kappa shape index (κ3) is 2.70. The number of benzene rings is 2. The predicted molar refractivity (Wildman–Crippen MR) is 85.9 cm³/mol. The summed E-state index contributed by atoms with van der Waals surface area (Å²) in [6.07, 6.45) is 1.09. The van der Waals surface area contributed by atoms with Crippen LogP contribution in [0.25, 0.3) is 16.5 Å². The van der Waals surface area contributed by atoms with Gasteiger partial charge >= 0.3 is 5.97 Å². The fourth-order valence-corrected chi connectivity index (χ4v) is 3.37. The lowest BCUT2D eigenvalue weighted by molar-refractivity contribution is 0.0687. The quantitative estimate of drug-likeness (QED) is 0.796. The van der Waals surface area contributed by atoms with Crippen LogP contribution < -0.4 is 0 Å². The van der Waals surface area contributed by atoms with Crippen molar-refractivity contribution >= 4 is 26.6 Å². The number of fused-ring (bicyclic) bond motifs is 1. The second kappa shape index (κ2) is 5.20. The second-order valence-corrected chi connectivity index (χ2v) is 7.31. The van der Waals surface area contributed by atoms with E-state index >= 15 is 0 Å². The van der Waals surface area contributed by atoms with Crippen molar-refractivity contribution in [1.82, 2.24) is 9.78 Å². The third-order valence-electron chi connectivity index (χ3n) is 3.51. The summed E-state index contributed by atoms with van der Waals surface area (Å²) in [5, 5.41) is 15.1. The highest BCUT2D eigenvalue weighted by Crippen LogP contribution is 2.27. The van der Waals surface area contributed by atoms with Crippen LogP contribution in [0.5, 0.6) is 0 Å². The Kier molecular flexibility index (Phi) is 3.45. The molecule has 1 aromatic heterocycles. The molecule has 0 fully saturated rings. The lowest BCUT2D eigenvalue weighted by Crippen LogP contribution is -2.12. The van der Waals surface area contributed by atoms with Crippen molar-refractivity contribution in [2.45, 2.75) is 11.8 Å². The van der Waals surface area contributed by atoms with Crippen molar-refractivity contribution < 1.29 is 18.3 Å². The summed E-state index contributed by atoms with van der Waals surface area (Å²) in [5.41, 5.74) is 0.648. The van der Waals surface area contributed by atoms with E-state index in [4.69, 9.17) is 0 Å². The highest BCUT2D eigenvalue weighted by Gasteiger charge is 2.21. The number of hydrogen-bond donors (Lipinski definition) is 1. The summed E-state index contributed by atoms with van der Waals surface area (Å²) in [7, 11) is -3.56. The largest absolute Gasteiger partial charge is 0.477 e. The molecule has 0 radical (unpaired) electrons. The topological polar surface area (TPSA) is 89.3 Å². The van der Waals surface area contributed by atoms with Crippen LogP contribution in [-0.4, -0.2) is 35.5 Å². The second-order valence-electron chi connectivity index (χ2n) is 5.33. The van der Waals surface area contributed by atoms with E-state index in [1.54, 1.807) is 25.1 Å². The summed E-state index contributed by atoms with van der Waals surface area (Å²) < 4.78 is 25.5. The van der Waals surface area contributed by atoms with E-state index in [2.05, 4.69) is 5.10 Å². The zero-order valence-electron chi connectivity index (χ0n) is 12.5. The molecule has 0 aliphatic heterocycles. The summed E-state index contributed by atoms with van der Waals surface area (Å²) >= 11 is 0. The van der Waals surface area contributed by atoms with Crippen LogP contribution in [0.4, 0.5) is 0 Å². The molecule has 0 atom stereocenters. The molecule has 7 heteroatoms. The standard InChI is InChI=1S/C16H14N2O4S/c1-10-7-14(16(19)20)18(17-10)13-8-11-5-3-4-6-12(11)9-15(13)23(2,21)22/h3-9H,1-2H3,(H,19,20). The highest BCUT2D eigenvalue weighted by molar-refractivity contribution is 7.90. The lowest BCUT2D eigenvalue weighted by atomic mass is 10.1. The van der Waals surface area contributed by atoms with Gasteiger partial charge in [-0.2, -0.15) is 5.10 Å². The van der Waals surface area contributed by atoms with Gasteiger partial charge in [-0.05, 0) is 35.9 Å². The molecule has 0 aliphatic carbocycles. The van der Waals surface area contributed by atoms with Gasteiger partial charge in [-0.3, -0.25) is 0 Å². The number of carbonyl (C=O) groups is 1. The normalized spacial score (nSPS) is 11.7. The molecule has 2 aromatic carbocycles. The average Bonchev–Trinajstić information content (AvgIpc) is 2.87. The lowest BCUT2D eigenvalue weighted by Gasteiger charge is -2.12. The van der Waals surface area contributed by atoms with Gasteiger partial charge in [0.25, 0.3) is 0 Å². The van der Waals surface area contributed by atoms with E-state index in [-0.39, 0.29) is 16.3 Å². The van der Waals surface area contributed by atoms with Crippen molar-refractivity contribution in [2.24, 2.45) is 0 Å². The number of hydrogen-bond acceptors (Lipinski definition) is 4. The fourth-order valence-electron chi connectivity index (χ4n) is 2.51. The average molecular weight is 330 g/mol. The third-order valence-corrected chi connectivity index (χ3v) is 4.63. The predicted octanol–water partition coefficient (Wildman–Crippen LogP) is 2.44. The summed E-state index contributed by atoms with van der Waals surface area (Å²) in [6, 6.07) is 11.9. The van der Waals surface area contributed by atoms with Crippen molar-refractivity contribution in [2.75, 3.05) is 6.26 Å². The monoisotopic (exact) mass is 330 g/mol. The first-order chi connectivity index (χ1) is 10.8. The number of carboxylic acids is 1. The molecule has 6 nitrogen and oxygen atoms in total. The molecule has 0 bridgehead atoms. The zero-order chi connectivity index (χ0) is 16.8. The van der Waals surface area contributed by atoms with Crippen LogP contribution in [-0.2, 0) is 9.84 Å². The summed E-state index contributed by atoms with van der Waals surface area (Å²) in [4.78, 5) is 11.5. The molecule has 0 unspecified atom stereocenters. The van der Waals surface area contributed by atoms with E-state index in [1.807, 2.05) is 18.2 Å². The van der Waals surface area contributed by atoms with Crippen LogP contribution in [0.3, 0.4) is 0 Å². The van der Waals surface area contributed by atoms with Crippen LogP contribution in [0.15, 0.2) is 47.4 Å². The van der Waals surface area contributed by atoms with E-state index in [1.165, 1.54) is 10.7 Å². The smallest absolute Gasteiger partial charge is 0.354 e. The van der Waals surface area contributed by atoms with E-state index in [0.29, 0.717) is 5.69 Å². The molecule has 0 saturated heterocycles. The molecular formula is C16H14N2O4S. The summed E-state index contributed by atoms with van der Waals surface area (Å²) in [6.45, 7) is 1.66. The Labute approximate surface area is 132 Å². The van der Waals surface area contributed by atoms with Gasteiger partial charge in [0.1, 0.15) is 0 Å². The first-order valence-corrected chi connectivity index (χ1v) is 8.70. The number of aromatic nitrogens is 2. The first kappa shape index (κ1) is 15.2. The van der Waals surface area contributed by atoms with Gasteiger partial charge in [-0.1, -0.05) is 24.3 Å². The molecule has 0 amide bonds. The molecule has 1 N–H and O–H groups in total. The molecular weight excluding hydrogens is 316 g/mol. The van der Waals surface area contributed by atoms with Crippen LogP contribution in [0.1, 0.15) is 16.2 Å². The highest BCUT2D eigenvalue weighted by atomic mass is 32.2. The fraction of sp³-hybridized carbons (Fsp3) is 0.125. The number of carboxylic acid groups (broad SMARTS) is 1. The number of nitrogens with zero attached hydrogens (tertiary/aromatic N) is 2. The van der Waals surface area contributed by atoms with Crippen molar-refractivity contribution in [1.29, 1.82) is 0 Å². The van der Waals surface area contributed by atoms with Crippen LogP contribution in [0, 0.1) is 6.92 Å². The van der Waals surface area contributed by atoms with Crippen molar-refractivity contribution in [3.8, 4) is 5.69 Å². The molecule has 3 aromatic rings.